The van der Waals surface area contributed by atoms with Crippen LogP contribution < -0.4 is 19.8 Å². The number of benzene rings is 3. The van der Waals surface area contributed by atoms with Crippen LogP contribution in [0.4, 0.5) is 11.4 Å². The van der Waals surface area contributed by atoms with Crippen LogP contribution in [0.5, 0.6) is 5.75 Å². The monoisotopic (exact) mass is 608 g/mol. The second-order valence-corrected chi connectivity index (χ2v) is 12.4. The second-order valence-electron chi connectivity index (χ2n) is 10.2. The summed E-state index contributed by atoms with van der Waals surface area (Å²) in [6.07, 6.45) is 3.30. The van der Waals surface area contributed by atoms with Crippen LogP contribution in [0, 0.1) is 5.92 Å². The summed E-state index contributed by atoms with van der Waals surface area (Å²) >= 11 is 2.18. The zero-order valence-corrected chi connectivity index (χ0v) is 24.4. The van der Waals surface area contributed by atoms with Crippen LogP contribution >= 0.6 is 23.1 Å². The SMILES string of the molecule is COc1ccc(N2C(=O)C3Sc4c(sc(=O)n4CC(=O)Nc4cccc5ccccc45)[C@H](c4cccnc4)C3C2=O)cc1. The molecule has 0 saturated carbocycles. The third kappa shape index (κ3) is 4.61. The predicted molar refractivity (Wildman–Crippen MR) is 166 cm³/mol. The van der Waals surface area contributed by atoms with Crippen LogP contribution in [0.2, 0.25) is 0 Å². The van der Waals surface area contributed by atoms with Gasteiger partial charge in [0.2, 0.25) is 17.7 Å². The highest BCUT2D eigenvalue weighted by Gasteiger charge is 2.56. The minimum absolute atomic E-state index is 0.234. The second kappa shape index (κ2) is 10.8. The number of ether oxygens (including phenoxy) is 1. The molecule has 2 unspecified atom stereocenters. The van der Waals surface area contributed by atoms with E-state index in [0.29, 0.717) is 27.0 Å². The van der Waals surface area contributed by atoms with E-state index in [0.717, 1.165) is 27.7 Å². The molecule has 4 heterocycles. The molecule has 5 aromatic rings. The van der Waals surface area contributed by atoms with Gasteiger partial charge in [0.1, 0.15) is 17.5 Å². The normalized spacial score (nSPS) is 19.3. The average Bonchev–Trinajstić information content (AvgIpc) is 3.47. The number of anilines is 2. The fourth-order valence-corrected chi connectivity index (χ4v) is 8.60. The lowest BCUT2D eigenvalue weighted by atomic mass is 9.84. The number of aromatic nitrogens is 2. The lowest BCUT2D eigenvalue weighted by molar-refractivity contribution is -0.122. The van der Waals surface area contributed by atoms with E-state index in [9.17, 15) is 19.2 Å². The molecular formula is C32H24N4O5S2. The topological polar surface area (TPSA) is 111 Å². The third-order valence-electron chi connectivity index (χ3n) is 7.79. The number of hydrogen-bond acceptors (Lipinski definition) is 8. The third-order valence-corrected chi connectivity index (χ3v) is 10.4. The Bertz CT molecular complexity index is 1950. The van der Waals surface area contributed by atoms with Gasteiger partial charge in [-0.15, -0.1) is 0 Å². The lowest BCUT2D eigenvalue weighted by Crippen LogP contribution is -2.33. The summed E-state index contributed by atoms with van der Waals surface area (Å²) < 4.78 is 6.65. The van der Waals surface area contributed by atoms with Crippen LogP contribution in [0.1, 0.15) is 16.4 Å². The number of methoxy groups -OCH3 is 1. The Kier molecular flexibility index (Phi) is 6.83. The van der Waals surface area contributed by atoms with E-state index in [4.69, 9.17) is 4.74 Å². The number of carbonyl (C=O) groups is 3. The highest BCUT2D eigenvalue weighted by Crippen LogP contribution is 2.53. The quantitative estimate of drug-likeness (QED) is 0.273. The Labute approximate surface area is 254 Å². The van der Waals surface area contributed by atoms with Crippen molar-refractivity contribution < 1.29 is 19.1 Å². The number of fused-ring (bicyclic) bond motifs is 3. The molecular weight excluding hydrogens is 585 g/mol. The summed E-state index contributed by atoms with van der Waals surface area (Å²) in [6.45, 7) is -0.234. The largest absolute Gasteiger partial charge is 0.497 e. The maximum atomic E-state index is 14.0. The minimum atomic E-state index is -0.784. The van der Waals surface area contributed by atoms with Gasteiger partial charge < -0.3 is 10.1 Å². The maximum absolute atomic E-state index is 14.0. The summed E-state index contributed by atoms with van der Waals surface area (Å²) in [4.78, 5) is 60.4. The van der Waals surface area contributed by atoms with Gasteiger partial charge in [0, 0.05) is 34.3 Å². The summed E-state index contributed by atoms with van der Waals surface area (Å²) in [5, 5.41) is 4.56. The molecule has 0 spiro atoms. The van der Waals surface area contributed by atoms with Crippen LogP contribution in [-0.2, 0) is 20.9 Å². The highest BCUT2D eigenvalue weighted by molar-refractivity contribution is 8.00. The van der Waals surface area contributed by atoms with Crippen LogP contribution in [0.25, 0.3) is 10.8 Å². The number of nitrogens with one attached hydrogen (secondary N) is 1. The van der Waals surface area contributed by atoms with Gasteiger partial charge in [0.05, 0.1) is 23.7 Å². The molecule has 0 radical (unpaired) electrons. The molecule has 3 atom stereocenters. The number of carbonyl (C=O) groups excluding carboxylic acids is 3. The molecule has 1 saturated heterocycles. The molecule has 43 heavy (non-hydrogen) atoms. The molecule has 0 aliphatic carbocycles. The number of nitrogens with zero attached hydrogens (tertiary/aromatic N) is 3. The van der Waals surface area contributed by atoms with Gasteiger partial charge in [0.25, 0.3) is 0 Å². The summed E-state index contributed by atoms with van der Waals surface area (Å²) in [6, 6.07) is 23.7. The Balaban J connectivity index is 1.26. The number of imide groups is 1. The first-order chi connectivity index (χ1) is 20.9. The van der Waals surface area contributed by atoms with Crippen LogP contribution in [0.15, 0.2) is 101 Å². The molecule has 3 amide bonds. The Morgan fingerprint density at radius 3 is 2.51 bits per heavy atom. The van der Waals surface area contributed by atoms with Crippen molar-refractivity contribution in [1.29, 1.82) is 0 Å². The van der Waals surface area contributed by atoms with E-state index in [1.807, 2.05) is 48.5 Å². The molecule has 7 rings (SSSR count). The van der Waals surface area contributed by atoms with Gasteiger partial charge in [-0.3, -0.25) is 28.7 Å². The fraction of sp³-hybridized carbons (Fsp3) is 0.156. The molecule has 2 aromatic heterocycles. The van der Waals surface area contributed by atoms with Crippen molar-refractivity contribution in [1.82, 2.24) is 9.55 Å². The number of amides is 3. The number of rotatable bonds is 6. The zero-order chi connectivity index (χ0) is 29.7. The zero-order valence-electron chi connectivity index (χ0n) is 22.8. The van der Waals surface area contributed by atoms with Gasteiger partial charge >= 0.3 is 4.87 Å². The Morgan fingerprint density at radius 1 is 0.953 bits per heavy atom. The summed E-state index contributed by atoms with van der Waals surface area (Å²) in [5.74, 6) is -1.78. The van der Waals surface area contributed by atoms with Gasteiger partial charge in [-0.25, -0.2) is 4.90 Å². The standard InChI is InChI=1S/C32H24N4O5S2/c1-41-21-13-11-20(12-14-21)36-29(38)26-25(19-8-5-15-33-16-19)28-31(42-27(26)30(36)39)35(32(40)43-28)17-24(37)34-23-10-4-7-18-6-2-3-9-22(18)23/h2-16,25-27H,17H2,1H3,(H,34,37)/t25-,26?,27?/m1/s1. The molecule has 0 bridgehead atoms. The number of hydrogen-bond donors (Lipinski definition) is 1. The fourth-order valence-electron chi connectivity index (χ4n) is 5.83. The van der Waals surface area contributed by atoms with Crippen molar-refractivity contribution in [3.8, 4) is 5.75 Å². The van der Waals surface area contributed by atoms with Crippen molar-refractivity contribution in [3.63, 3.8) is 0 Å². The van der Waals surface area contributed by atoms with Gasteiger partial charge in [-0.2, -0.15) is 0 Å². The van der Waals surface area contributed by atoms with Crippen LogP contribution in [0.3, 0.4) is 0 Å². The Hall–Kier alpha value is -4.74. The first-order valence-corrected chi connectivity index (χ1v) is 15.2. The first-order valence-electron chi connectivity index (χ1n) is 13.5. The van der Waals surface area contributed by atoms with E-state index in [2.05, 4.69) is 10.3 Å². The van der Waals surface area contributed by atoms with Gasteiger partial charge in [-0.1, -0.05) is 65.6 Å². The van der Waals surface area contributed by atoms with Gasteiger partial charge in [0.15, 0.2) is 0 Å². The summed E-state index contributed by atoms with van der Waals surface area (Å²) in [5.41, 5.74) is 1.82. The first kappa shape index (κ1) is 27.1. The summed E-state index contributed by atoms with van der Waals surface area (Å²) in [7, 11) is 1.55. The lowest BCUT2D eigenvalue weighted by Gasteiger charge is -2.30. The van der Waals surface area contributed by atoms with Crippen molar-refractivity contribution >= 4 is 63.0 Å². The predicted octanol–water partition coefficient (Wildman–Crippen LogP) is 4.90. The van der Waals surface area contributed by atoms with E-state index in [1.54, 1.807) is 49.8 Å². The molecule has 214 valence electrons. The van der Waals surface area contributed by atoms with Crippen molar-refractivity contribution in [2.75, 3.05) is 17.3 Å². The minimum Gasteiger partial charge on any atom is -0.497 e. The highest BCUT2D eigenvalue weighted by atomic mass is 32.2. The molecule has 9 nitrogen and oxygen atoms in total. The van der Waals surface area contributed by atoms with E-state index < -0.39 is 17.1 Å². The van der Waals surface area contributed by atoms with E-state index in [-0.39, 0.29) is 29.1 Å². The van der Waals surface area contributed by atoms with Crippen molar-refractivity contribution in [3.05, 3.63) is 111 Å². The van der Waals surface area contributed by atoms with E-state index >= 15 is 0 Å². The van der Waals surface area contributed by atoms with Crippen molar-refractivity contribution in [2.24, 2.45) is 5.92 Å². The number of thioether (sulfide) groups is 1. The van der Waals surface area contributed by atoms with Crippen molar-refractivity contribution in [2.45, 2.75) is 22.7 Å². The smallest absolute Gasteiger partial charge is 0.308 e. The molecule has 1 fully saturated rings. The van der Waals surface area contributed by atoms with Crippen LogP contribution in [-0.4, -0.2) is 39.6 Å². The maximum Gasteiger partial charge on any atom is 0.308 e. The Morgan fingerprint density at radius 2 is 1.74 bits per heavy atom. The number of thiazole rings is 1. The van der Waals surface area contributed by atoms with Gasteiger partial charge in [-0.05, 0) is 47.3 Å². The molecule has 1 N–H and O–H groups in total. The average molecular weight is 609 g/mol. The molecule has 11 heteroatoms. The molecule has 2 aliphatic heterocycles. The molecule has 2 aliphatic rings. The molecule has 3 aromatic carbocycles. The number of pyridine rings is 1. The van der Waals surface area contributed by atoms with E-state index in [1.165, 1.54) is 21.2 Å².